The maximum atomic E-state index is 6.11. The molecule has 0 saturated carbocycles. The van der Waals surface area contributed by atoms with Crippen LogP contribution < -0.4 is 10.2 Å². The Morgan fingerprint density at radius 1 is 1.04 bits per heavy atom. The van der Waals surface area contributed by atoms with Gasteiger partial charge in [0, 0.05) is 48.5 Å². The zero-order valence-electron chi connectivity index (χ0n) is 15.2. The van der Waals surface area contributed by atoms with E-state index in [2.05, 4.69) is 25.2 Å². The van der Waals surface area contributed by atoms with E-state index in [0.29, 0.717) is 11.0 Å². The van der Waals surface area contributed by atoms with Gasteiger partial charge in [0.2, 0.25) is 5.95 Å². The van der Waals surface area contributed by atoms with E-state index in [4.69, 9.17) is 11.6 Å². The number of benzene rings is 1. The number of anilines is 3. The molecule has 26 heavy (non-hydrogen) atoms. The van der Waals surface area contributed by atoms with Crippen molar-refractivity contribution in [1.82, 2.24) is 15.0 Å². The van der Waals surface area contributed by atoms with Crippen LogP contribution in [0.15, 0.2) is 48.8 Å². The zero-order chi connectivity index (χ0) is 18.5. The zero-order valence-corrected chi connectivity index (χ0v) is 16.0. The number of rotatable bonds is 6. The average molecular weight is 368 g/mol. The van der Waals surface area contributed by atoms with Crippen LogP contribution in [0.2, 0.25) is 5.02 Å². The molecule has 0 aliphatic heterocycles. The summed E-state index contributed by atoms with van der Waals surface area (Å²) in [6.45, 7) is 4.83. The molecule has 134 valence electrons. The number of pyridine rings is 1. The number of aromatic nitrogens is 3. The monoisotopic (exact) mass is 367 g/mol. The second-order valence-electron chi connectivity index (χ2n) is 6.31. The van der Waals surface area contributed by atoms with Crippen LogP contribution in [0.5, 0.6) is 0 Å². The van der Waals surface area contributed by atoms with E-state index in [9.17, 15) is 0 Å². The number of aryl methyl sites for hydroxylation is 2. The Kier molecular flexibility index (Phi) is 5.68. The maximum absolute atomic E-state index is 6.11. The van der Waals surface area contributed by atoms with Gasteiger partial charge in [-0.05, 0) is 55.7 Å². The normalized spacial score (nSPS) is 10.6. The van der Waals surface area contributed by atoms with E-state index in [1.165, 1.54) is 5.56 Å². The largest absolute Gasteiger partial charge is 0.343 e. The molecule has 2 heterocycles. The molecule has 5 nitrogen and oxygen atoms in total. The molecule has 0 unspecified atom stereocenters. The SMILES string of the molecule is Cc1cc(Nc2cc(Cl)ccc2C)nc(N(C)CCc2ccncc2)n1. The second kappa shape index (κ2) is 8.15. The smallest absolute Gasteiger partial charge is 0.227 e. The van der Waals surface area contributed by atoms with Crippen molar-refractivity contribution in [3.8, 4) is 0 Å². The summed E-state index contributed by atoms with van der Waals surface area (Å²) in [7, 11) is 2.00. The van der Waals surface area contributed by atoms with Crippen LogP contribution in [0.25, 0.3) is 0 Å². The van der Waals surface area contributed by atoms with Gasteiger partial charge in [0.1, 0.15) is 5.82 Å². The minimum Gasteiger partial charge on any atom is -0.343 e. The Bertz CT molecular complexity index is 883. The molecule has 0 radical (unpaired) electrons. The average Bonchev–Trinajstić information content (AvgIpc) is 2.63. The number of hydrogen-bond acceptors (Lipinski definition) is 5. The van der Waals surface area contributed by atoms with Gasteiger partial charge in [0.25, 0.3) is 0 Å². The van der Waals surface area contributed by atoms with E-state index in [0.717, 1.165) is 35.7 Å². The van der Waals surface area contributed by atoms with Gasteiger partial charge >= 0.3 is 0 Å². The van der Waals surface area contributed by atoms with Crippen molar-refractivity contribution in [3.63, 3.8) is 0 Å². The highest BCUT2D eigenvalue weighted by Gasteiger charge is 2.09. The molecule has 1 N–H and O–H groups in total. The summed E-state index contributed by atoms with van der Waals surface area (Å²) in [5.74, 6) is 1.45. The van der Waals surface area contributed by atoms with Crippen molar-refractivity contribution in [2.24, 2.45) is 0 Å². The van der Waals surface area contributed by atoms with Crippen LogP contribution in [0.3, 0.4) is 0 Å². The lowest BCUT2D eigenvalue weighted by atomic mass is 10.2. The number of nitrogens with zero attached hydrogens (tertiary/aromatic N) is 4. The predicted molar refractivity (Wildman–Crippen MR) is 107 cm³/mol. The van der Waals surface area contributed by atoms with E-state index < -0.39 is 0 Å². The summed E-state index contributed by atoms with van der Waals surface area (Å²) in [4.78, 5) is 15.3. The van der Waals surface area contributed by atoms with E-state index in [-0.39, 0.29) is 0 Å². The van der Waals surface area contributed by atoms with Crippen LogP contribution in [0, 0.1) is 13.8 Å². The molecule has 2 aromatic heterocycles. The minimum atomic E-state index is 0.693. The number of halogens is 1. The Morgan fingerprint density at radius 3 is 2.58 bits per heavy atom. The molecule has 0 atom stereocenters. The van der Waals surface area contributed by atoms with Crippen LogP contribution in [-0.2, 0) is 6.42 Å². The summed E-state index contributed by atoms with van der Waals surface area (Å²) in [5, 5.41) is 4.05. The molecule has 0 fully saturated rings. The molecule has 0 saturated heterocycles. The van der Waals surface area contributed by atoms with Crippen LogP contribution in [0.4, 0.5) is 17.5 Å². The first-order valence-corrected chi connectivity index (χ1v) is 8.88. The lowest BCUT2D eigenvalue weighted by molar-refractivity contribution is 0.833. The molecule has 0 aliphatic carbocycles. The molecule has 3 aromatic rings. The Labute approximate surface area is 159 Å². The predicted octanol–water partition coefficient (Wildman–Crippen LogP) is 4.56. The van der Waals surface area contributed by atoms with Crippen LogP contribution in [0.1, 0.15) is 16.8 Å². The summed E-state index contributed by atoms with van der Waals surface area (Å²) in [5.41, 5.74) is 4.21. The third-order valence-electron chi connectivity index (χ3n) is 4.13. The highest BCUT2D eigenvalue weighted by atomic mass is 35.5. The molecular weight excluding hydrogens is 346 g/mol. The highest BCUT2D eigenvalue weighted by molar-refractivity contribution is 6.30. The van der Waals surface area contributed by atoms with Gasteiger partial charge in [-0.2, -0.15) is 4.98 Å². The first-order valence-electron chi connectivity index (χ1n) is 8.50. The van der Waals surface area contributed by atoms with Crippen molar-refractivity contribution < 1.29 is 0 Å². The maximum Gasteiger partial charge on any atom is 0.227 e. The standard InChI is InChI=1S/C20H22ClN5/c1-14-4-5-17(21)13-18(14)24-19-12-15(2)23-20(25-19)26(3)11-8-16-6-9-22-10-7-16/h4-7,9-10,12-13H,8,11H2,1-3H3,(H,23,24,25). The van der Waals surface area contributed by atoms with Gasteiger partial charge in [-0.3, -0.25) is 4.98 Å². The molecule has 0 amide bonds. The highest BCUT2D eigenvalue weighted by Crippen LogP contribution is 2.24. The van der Waals surface area contributed by atoms with Crippen LogP contribution >= 0.6 is 11.6 Å². The van der Waals surface area contributed by atoms with Crippen molar-refractivity contribution in [2.45, 2.75) is 20.3 Å². The molecule has 1 aromatic carbocycles. The molecule has 0 spiro atoms. The molecule has 3 rings (SSSR count). The third kappa shape index (κ3) is 4.70. The van der Waals surface area contributed by atoms with Crippen LogP contribution in [-0.4, -0.2) is 28.5 Å². The summed E-state index contributed by atoms with van der Waals surface area (Å²) in [6, 6.07) is 11.8. The second-order valence-corrected chi connectivity index (χ2v) is 6.74. The Hall–Kier alpha value is -2.66. The van der Waals surface area contributed by atoms with Crippen molar-refractivity contribution in [1.29, 1.82) is 0 Å². The fourth-order valence-corrected chi connectivity index (χ4v) is 2.77. The van der Waals surface area contributed by atoms with E-state index >= 15 is 0 Å². The Balaban J connectivity index is 1.75. The molecular formula is C20H22ClN5. The summed E-state index contributed by atoms with van der Waals surface area (Å²) in [6.07, 6.45) is 4.54. The fourth-order valence-electron chi connectivity index (χ4n) is 2.60. The van der Waals surface area contributed by atoms with E-state index in [1.807, 2.05) is 69.7 Å². The number of nitrogens with one attached hydrogen (secondary N) is 1. The van der Waals surface area contributed by atoms with Crippen molar-refractivity contribution >= 4 is 29.1 Å². The van der Waals surface area contributed by atoms with Gasteiger partial charge in [0.15, 0.2) is 0 Å². The molecule has 0 aliphatic rings. The lowest BCUT2D eigenvalue weighted by Crippen LogP contribution is -2.23. The summed E-state index contributed by atoms with van der Waals surface area (Å²) < 4.78 is 0. The van der Waals surface area contributed by atoms with Gasteiger partial charge in [-0.15, -0.1) is 0 Å². The van der Waals surface area contributed by atoms with Gasteiger partial charge < -0.3 is 10.2 Å². The van der Waals surface area contributed by atoms with Gasteiger partial charge in [-0.1, -0.05) is 17.7 Å². The van der Waals surface area contributed by atoms with Crippen molar-refractivity contribution in [3.05, 3.63) is 70.6 Å². The minimum absolute atomic E-state index is 0.693. The lowest BCUT2D eigenvalue weighted by Gasteiger charge is -2.19. The van der Waals surface area contributed by atoms with Crippen molar-refractivity contribution in [2.75, 3.05) is 23.8 Å². The fraction of sp³-hybridized carbons (Fsp3) is 0.250. The topological polar surface area (TPSA) is 53.9 Å². The number of hydrogen-bond donors (Lipinski definition) is 1. The van der Waals surface area contributed by atoms with E-state index in [1.54, 1.807) is 0 Å². The quantitative estimate of drug-likeness (QED) is 0.691. The van der Waals surface area contributed by atoms with Gasteiger partial charge in [0.05, 0.1) is 0 Å². The molecule has 0 bridgehead atoms. The first kappa shape index (κ1) is 18.1. The number of likely N-dealkylation sites (N-methyl/N-ethyl adjacent to an activating group) is 1. The Morgan fingerprint density at radius 2 is 1.81 bits per heavy atom. The molecule has 6 heteroatoms. The summed E-state index contributed by atoms with van der Waals surface area (Å²) >= 11 is 6.11. The third-order valence-corrected chi connectivity index (χ3v) is 4.37. The first-order chi connectivity index (χ1) is 12.5. The van der Waals surface area contributed by atoms with Gasteiger partial charge in [-0.25, -0.2) is 4.98 Å².